The lowest BCUT2D eigenvalue weighted by molar-refractivity contribution is 0.311. The summed E-state index contributed by atoms with van der Waals surface area (Å²) >= 11 is 5.70. The Hall–Kier alpha value is -1.24. The van der Waals surface area contributed by atoms with E-state index in [0.717, 1.165) is 0 Å². The van der Waals surface area contributed by atoms with Crippen LogP contribution in [0.15, 0.2) is 18.2 Å². The molecule has 1 rings (SSSR count). The number of aliphatic hydroxyl groups excluding tert-OH is 1. The summed E-state index contributed by atoms with van der Waals surface area (Å²) in [5, 5.41) is 20.7. The minimum absolute atomic E-state index is 0.0352. The van der Waals surface area contributed by atoms with Crippen molar-refractivity contribution in [2.75, 3.05) is 18.5 Å². The van der Waals surface area contributed by atoms with Crippen molar-refractivity contribution in [2.24, 2.45) is 0 Å². The van der Waals surface area contributed by atoms with Gasteiger partial charge in [0.05, 0.1) is 17.9 Å². The van der Waals surface area contributed by atoms with E-state index in [4.69, 9.17) is 22.0 Å². The molecule has 0 amide bonds. The van der Waals surface area contributed by atoms with Gasteiger partial charge in [0, 0.05) is 11.6 Å². The molecule has 3 nitrogen and oxygen atoms in total. The Morgan fingerprint density at radius 1 is 1.54 bits per heavy atom. The molecule has 0 unspecified atom stereocenters. The number of rotatable bonds is 3. The van der Waals surface area contributed by atoms with Crippen LogP contribution in [0.25, 0.3) is 0 Å². The highest BCUT2D eigenvalue weighted by molar-refractivity contribution is 6.30. The zero-order valence-corrected chi connectivity index (χ0v) is 7.67. The highest BCUT2D eigenvalue weighted by Gasteiger charge is 2.00. The van der Waals surface area contributed by atoms with Crippen molar-refractivity contribution >= 4 is 17.3 Å². The Labute approximate surface area is 81.6 Å². The first kappa shape index (κ1) is 9.85. The normalized spacial score (nSPS) is 9.31. The van der Waals surface area contributed by atoms with E-state index in [1.807, 2.05) is 6.07 Å². The van der Waals surface area contributed by atoms with E-state index in [9.17, 15) is 0 Å². The van der Waals surface area contributed by atoms with Crippen molar-refractivity contribution < 1.29 is 5.11 Å². The van der Waals surface area contributed by atoms with Gasteiger partial charge in [-0.25, -0.2) is 0 Å². The zero-order chi connectivity index (χ0) is 9.68. The molecule has 2 N–H and O–H groups in total. The van der Waals surface area contributed by atoms with E-state index in [-0.39, 0.29) is 6.61 Å². The zero-order valence-electron chi connectivity index (χ0n) is 6.92. The smallest absolute Gasteiger partial charge is 0.101 e. The molecule has 1 aromatic carbocycles. The van der Waals surface area contributed by atoms with Crippen LogP contribution in [0.4, 0.5) is 5.69 Å². The van der Waals surface area contributed by atoms with Gasteiger partial charge in [-0.2, -0.15) is 5.26 Å². The van der Waals surface area contributed by atoms with Gasteiger partial charge in [-0.15, -0.1) is 0 Å². The van der Waals surface area contributed by atoms with E-state index in [2.05, 4.69) is 5.32 Å². The van der Waals surface area contributed by atoms with Gasteiger partial charge >= 0.3 is 0 Å². The minimum Gasteiger partial charge on any atom is -0.395 e. The summed E-state index contributed by atoms with van der Waals surface area (Å²) in [7, 11) is 0. The second kappa shape index (κ2) is 4.70. The monoisotopic (exact) mass is 196 g/mol. The second-order valence-corrected chi connectivity index (χ2v) is 2.89. The first-order valence-corrected chi connectivity index (χ1v) is 4.20. The fourth-order valence-corrected chi connectivity index (χ4v) is 1.13. The summed E-state index contributed by atoms with van der Waals surface area (Å²) in [6.07, 6.45) is 0. The minimum atomic E-state index is 0.0352. The van der Waals surface area contributed by atoms with E-state index >= 15 is 0 Å². The Balaban J connectivity index is 2.88. The second-order valence-electron chi connectivity index (χ2n) is 2.45. The highest BCUT2D eigenvalue weighted by Crippen LogP contribution is 2.19. The number of hydrogen-bond donors (Lipinski definition) is 2. The van der Waals surface area contributed by atoms with Gasteiger partial charge in [-0.3, -0.25) is 0 Å². The molecule has 0 atom stereocenters. The Bertz CT molecular complexity index is 333. The van der Waals surface area contributed by atoms with Gasteiger partial charge in [-0.1, -0.05) is 11.6 Å². The first-order chi connectivity index (χ1) is 6.27. The van der Waals surface area contributed by atoms with Gasteiger partial charge in [0.15, 0.2) is 0 Å². The third kappa shape index (κ3) is 2.62. The number of anilines is 1. The summed E-state index contributed by atoms with van der Waals surface area (Å²) in [6, 6.07) is 7.02. The van der Waals surface area contributed by atoms with Gasteiger partial charge in [0.25, 0.3) is 0 Å². The van der Waals surface area contributed by atoms with Gasteiger partial charge in [0.1, 0.15) is 6.07 Å². The average Bonchev–Trinajstić information content (AvgIpc) is 2.16. The Kier molecular flexibility index (Phi) is 3.56. The molecular weight excluding hydrogens is 188 g/mol. The maximum absolute atomic E-state index is 8.73. The van der Waals surface area contributed by atoms with Crippen LogP contribution in [0.3, 0.4) is 0 Å². The number of nitriles is 1. The van der Waals surface area contributed by atoms with Crippen LogP contribution in [0, 0.1) is 11.3 Å². The van der Waals surface area contributed by atoms with Crippen LogP contribution in [-0.4, -0.2) is 18.3 Å². The Morgan fingerprint density at radius 3 is 2.92 bits per heavy atom. The maximum Gasteiger partial charge on any atom is 0.101 e. The largest absolute Gasteiger partial charge is 0.395 e. The van der Waals surface area contributed by atoms with Crippen LogP contribution in [-0.2, 0) is 0 Å². The number of nitrogens with zero attached hydrogens (tertiary/aromatic N) is 1. The number of nitrogens with one attached hydrogen (secondary N) is 1. The van der Waals surface area contributed by atoms with Gasteiger partial charge in [0.2, 0.25) is 0 Å². The average molecular weight is 197 g/mol. The Morgan fingerprint density at radius 2 is 2.31 bits per heavy atom. The predicted molar refractivity (Wildman–Crippen MR) is 51.7 cm³/mol. The number of benzene rings is 1. The van der Waals surface area contributed by atoms with Gasteiger partial charge in [-0.05, 0) is 18.2 Å². The molecule has 13 heavy (non-hydrogen) atoms. The van der Waals surface area contributed by atoms with Crippen molar-refractivity contribution in [3.8, 4) is 6.07 Å². The molecule has 0 heterocycles. The molecule has 68 valence electrons. The third-order valence-corrected chi connectivity index (χ3v) is 1.76. The van der Waals surface area contributed by atoms with E-state index in [1.165, 1.54) is 0 Å². The fraction of sp³-hybridized carbons (Fsp3) is 0.222. The third-order valence-electron chi connectivity index (χ3n) is 1.53. The van der Waals surface area contributed by atoms with Crippen LogP contribution in [0.2, 0.25) is 5.02 Å². The maximum atomic E-state index is 8.73. The topological polar surface area (TPSA) is 56.0 Å². The van der Waals surface area contributed by atoms with Crippen molar-refractivity contribution in [2.45, 2.75) is 0 Å². The molecule has 0 fully saturated rings. The lowest BCUT2D eigenvalue weighted by atomic mass is 10.2. The number of aliphatic hydroxyl groups is 1. The lowest BCUT2D eigenvalue weighted by Gasteiger charge is -2.05. The van der Waals surface area contributed by atoms with Crippen molar-refractivity contribution in [3.05, 3.63) is 28.8 Å². The van der Waals surface area contributed by atoms with E-state index < -0.39 is 0 Å². The molecule has 1 aromatic rings. The predicted octanol–water partition coefficient (Wildman–Crippen LogP) is 1.62. The molecule has 0 aromatic heterocycles. The molecule has 0 saturated carbocycles. The molecule has 0 saturated heterocycles. The van der Waals surface area contributed by atoms with Gasteiger partial charge < -0.3 is 10.4 Å². The van der Waals surface area contributed by atoms with Crippen LogP contribution < -0.4 is 5.32 Å². The molecule has 0 aliphatic rings. The summed E-state index contributed by atoms with van der Waals surface area (Å²) in [5.41, 5.74) is 1.18. The molecule has 4 heteroatoms. The molecular formula is C9H9ClN2O. The molecule has 0 radical (unpaired) electrons. The molecule has 0 bridgehead atoms. The molecule has 0 aliphatic carbocycles. The summed E-state index contributed by atoms with van der Waals surface area (Å²) < 4.78 is 0. The van der Waals surface area contributed by atoms with Crippen LogP contribution in [0.5, 0.6) is 0 Å². The number of hydrogen-bond acceptors (Lipinski definition) is 3. The fourth-order valence-electron chi connectivity index (χ4n) is 0.954. The summed E-state index contributed by atoms with van der Waals surface area (Å²) in [4.78, 5) is 0. The van der Waals surface area contributed by atoms with E-state index in [1.54, 1.807) is 18.2 Å². The summed E-state index contributed by atoms with van der Waals surface area (Å²) in [6.45, 7) is 0.462. The number of halogens is 1. The standard InChI is InChI=1S/C9H9ClN2O/c10-8-1-2-9(12-3-4-13)7(5-8)6-11/h1-2,5,12-13H,3-4H2. The van der Waals surface area contributed by atoms with Crippen LogP contribution in [0.1, 0.15) is 5.56 Å². The first-order valence-electron chi connectivity index (χ1n) is 3.82. The summed E-state index contributed by atoms with van der Waals surface area (Å²) in [5.74, 6) is 0. The highest BCUT2D eigenvalue weighted by atomic mass is 35.5. The van der Waals surface area contributed by atoms with Crippen molar-refractivity contribution in [1.29, 1.82) is 5.26 Å². The lowest BCUT2D eigenvalue weighted by Crippen LogP contribution is -2.06. The molecule has 0 aliphatic heterocycles. The van der Waals surface area contributed by atoms with Crippen molar-refractivity contribution in [1.82, 2.24) is 0 Å². The van der Waals surface area contributed by atoms with Crippen molar-refractivity contribution in [3.63, 3.8) is 0 Å². The SMILES string of the molecule is N#Cc1cc(Cl)ccc1NCCO. The van der Waals surface area contributed by atoms with E-state index in [0.29, 0.717) is 22.8 Å². The quantitative estimate of drug-likeness (QED) is 0.773. The van der Waals surface area contributed by atoms with Crippen LogP contribution >= 0.6 is 11.6 Å². The molecule has 0 spiro atoms.